The topological polar surface area (TPSA) is 108 Å². The lowest BCUT2D eigenvalue weighted by atomic mass is 9.98. The van der Waals surface area contributed by atoms with Crippen LogP contribution in [-0.2, 0) is 16.3 Å². The van der Waals surface area contributed by atoms with Gasteiger partial charge in [-0.2, -0.15) is 4.98 Å². The molecule has 2 aromatic rings. The molecule has 1 atom stereocenters. The molecule has 152 valence electrons. The standard InChI is InChI=1S/C18H25ClN6O2S/c19-14-3-1-13(2-4-14)11-16-12-28(26,27)10-9-25(16)15-5-7-24(8-6-15)18-21-17(20)22-23-18/h1-4,15-16H,5-12H2,(H3,20,21,22,23)/t16-/m0/s1. The van der Waals surface area contributed by atoms with Crippen LogP contribution in [0, 0.1) is 0 Å². The van der Waals surface area contributed by atoms with E-state index in [1.807, 2.05) is 24.3 Å². The number of hydrogen-bond acceptors (Lipinski definition) is 7. The summed E-state index contributed by atoms with van der Waals surface area (Å²) in [6.45, 7) is 2.26. The second kappa shape index (κ2) is 7.88. The van der Waals surface area contributed by atoms with Gasteiger partial charge >= 0.3 is 0 Å². The van der Waals surface area contributed by atoms with Gasteiger partial charge in [0.05, 0.1) is 11.5 Å². The number of benzene rings is 1. The Labute approximate surface area is 170 Å². The maximum absolute atomic E-state index is 12.3. The number of hydrogen-bond donors (Lipinski definition) is 2. The number of aromatic amines is 1. The quantitative estimate of drug-likeness (QED) is 0.762. The SMILES string of the molecule is Nc1nc(N2CCC(N3CCS(=O)(=O)C[C@@H]3Cc3ccc(Cl)cc3)CC2)n[nH]1. The van der Waals surface area contributed by atoms with Crippen LogP contribution in [-0.4, -0.2) is 71.7 Å². The van der Waals surface area contributed by atoms with Crippen LogP contribution < -0.4 is 10.6 Å². The maximum Gasteiger partial charge on any atom is 0.246 e. The highest BCUT2D eigenvalue weighted by Gasteiger charge is 2.36. The number of aromatic nitrogens is 3. The summed E-state index contributed by atoms with van der Waals surface area (Å²) in [5, 5.41) is 7.50. The molecule has 0 aliphatic carbocycles. The average Bonchev–Trinajstić information content (AvgIpc) is 3.10. The van der Waals surface area contributed by atoms with Crippen molar-refractivity contribution < 1.29 is 8.42 Å². The minimum absolute atomic E-state index is 0.00405. The van der Waals surface area contributed by atoms with Crippen molar-refractivity contribution in [2.45, 2.75) is 31.3 Å². The summed E-state index contributed by atoms with van der Waals surface area (Å²) in [7, 11) is -3.00. The lowest BCUT2D eigenvalue weighted by molar-refractivity contribution is 0.125. The highest BCUT2D eigenvalue weighted by atomic mass is 35.5. The highest BCUT2D eigenvalue weighted by molar-refractivity contribution is 7.91. The molecule has 0 saturated carbocycles. The predicted octanol–water partition coefficient (Wildman–Crippen LogP) is 1.35. The highest BCUT2D eigenvalue weighted by Crippen LogP contribution is 2.26. The summed E-state index contributed by atoms with van der Waals surface area (Å²) in [6.07, 6.45) is 2.62. The number of nitrogens with zero attached hydrogens (tertiary/aromatic N) is 4. The van der Waals surface area contributed by atoms with E-state index in [9.17, 15) is 8.42 Å². The molecule has 4 rings (SSSR count). The number of H-pyrrole nitrogens is 1. The third-order valence-corrected chi connectivity index (χ3v) is 7.62. The minimum Gasteiger partial charge on any atom is -0.368 e. The fraction of sp³-hybridized carbons (Fsp3) is 0.556. The molecule has 2 fully saturated rings. The van der Waals surface area contributed by atoms with Crippen molar-refractivity contribution in [3.63, 3.8) is 0 Å². The number of piperidine rings is 1. The van der Waals surface area contributed by atoms with Crippen LogP contribution in [0.25, 0.3) is 0 Å². The Bertz CT molecular complexity index is 908. The number of sulfone groups is 1. The molecule has 2 aliphatic heterocycles. The number of anilines is 2. The number of rotatable bonds is 4. The zero-order valence-electron chi connectivity index (χ0n) is 15.6. The molecule has 3 N–H and O–H groups in total. The molecule has 0 amide bonds. The summed E-state index contributed by atoms with van der Waals surface area (Å²) < 4.78 is 24.6. The number of nitrogens with one attached hydrogen (secondary N) is 1. The van der Waals surface area contributed by atoms with Crippen LogP contribution in [0.3, 0.4) is 0 Å². The van der Waals surface area contributed by atoms with Crippen molar-refractivity contribution in [3.8, 4) is 0 Å². The van der Waals surface area contributed by atoms with Gasteiger partial charge < -0.3 is 10.6 Å². The number of nitrogens with two attached hydrogens (primary N) is 1. The van der Waals surface area contributed by atoms with Crippen molar-refractivity contribution in [1.82, 2.24) is 20.1 Å². The molecule has 2 aliphatic rings. The first kappa shape index (κ1) is 19.5. The van der Waals surface area contributed by atoms with E-state index < -0.39 is 9.84 Å². The van der Waals surface area contributed by atoms with E-state index in [0.717, 1.165) is 31.5 Å². The van der Waals surface area contributed by atoms with Gasteiger partial charge in [0.1, 0.15) is 0 Å². The second-order valence-corrected chi connectivity index (χ2v) is 10.2. The van der Waals surface area contributed by atoms with Crippen molar-refractivity contribution in [1.29, 1.82) is 0 Å². The van der Waals surface area contributed by atoms with Gasteiger partial charge in [-0.15, -0.1) is 5.10 Å². The van der Waals surface area contributed by atoms with Gasteiger partial charge in [0.15, 0.2) is 9.84 Å². The van der Waals surface area contributed by atoms with E-state index in [2.05, 4.69) is 25.0 Å². The van der Waals surface area contributed by atoms with E-state index in [0.29, 0.717) is 35.9 Å². The molecule has 1 aromatic heterocycles. The monoisotopic (exact) mass is 424 g/mol. The molecule has 0 spiro atoms. The Morgan fingerprint density at radius 1 is 1.18 bits per heavy atom. The summed E-state index contributed by atoms with van der Waals surface area (Å²) >= 11 is 5.98. The average molecular weight is 425 g/mol. The van der Waals surface area contributed by atoms with E-state index in [4.69, 9.17) is 17.3 Å². The summed E-state index contributed by atoms with van der Waals surface area (Å²) in [6, 6.07) is 8.05. The Balaban J connectivity index is 1.44. The molecule has 3 heterocycles. The van der Waals surface area contributed by atoms with Gasteiger partial charge in [0.25, 0.3) is 0 Å². The summed E-state index contributed by atoms with van der Waals surface area (Å²) in [4.78, 5) is 8.73. The first-order chi connectivity index (χ1) is 13.4. The molecular weight excluding hydrogens is 400 g/mol. The number of nitrogen functional groups attached to an aromatic ring is 1. The van der Waals surface area contributed by atoms with Crippen molar-refractivity contribution in [2.75, 3.05) is 41.8 Å². The smallest absolute Gasteiger partial charge is 0.246 e. The molecule has 8 nitrogen and oxygen atoms in total. The van der Waals surface area contributed by atoms with Crippen molar-refractivity contribution >= 4 is 33.3 Å². The molecular formula is C18H25ClN6O2S. The van der Waals surface area contributed by atoms with Crippen molar-refractivity contribution in [3.05, 3.63) is 34.9 Å². The van der Waals surface area contributed by atoms with Crippen molar-refractivity contribution in [2.24, 2.45) is 0 Å². The van der Waals surface area contributed by atoms with E-state index in [-0.39, 0.29) is 17.5 Å². The Morgan fingerprint density at radius 3 is 2.54 bits per heavy atom. The predicted molar refractivity (Wildman–Crippen MR) is 110 cm³/mol. The molecule has 0 unspecified atom stereocenters. The van der Waals surface area contributed by atoms with Gasteiger partial charge in [-0.1, -0.05) is 23.7 Å². The van der Waals surface area contributed by atoms with E-state index >= 15 is 0 Å². The molecule has 0 radical (unpaired) electrons. The lowest BCUT2D eigenvalue weighted by Gasteiger charge is -2.44. The Hall–Kier alpha value is -1.84. The molecule has 1 aromatic carbocycles. The van der Waals surface area contributed by atoms with Crippen LogP contribution in [0.2, 0.25) is 5.02 Å². The van der Waals surface area contributed by atoms with Gasteiger partial charge in [0, 0.05) is 36.7 Å². The largest absolute Gasteiger partial charge is 0.368 e. The van der Waals surface area contributed by atoms with Gasteiger partial charge in [-0.25, -0.2) is 13.5 Å². The van der Waals surface area contributed by atoms with Gasteiger partial charge in [-0.05, 0) is 37.0 Å². The third-order valence-electron chi connectivity index (χ3n) is 5.67. The van der Waals surface area contributed by atoms with Crippen LogP contribution in [0.5, 0.6) is 0 Å². The number of halogens is 1. The maximum atomic E-state index is 12.3. The Kier molecular flexibility index (Phi) is 5.48. The van der Waals surface area contributed by atoms with E-state index in [1.54, 1.807) is 0 Å². The lowest BCUT2D eigenvalue weighted by Crippen LogP contribution is -2.56. The molecule has 0 bridgehead atoms. The normalized spacial score (nSPS) is 23.8. The van der Waals surface area contributed by atoms with Crippen LogP contribution in [0.4, 0.5) is 11.9 Å². The zero-order valence-corrected chi connectivity index (χ0v) is 17.2. The first-order valence-electron chi connectivity index (χ1n) is 9.53. The molecule has 10 heteroatoms. The molecule has 28 heavy (non-hydrogen) atoms. The first-order valence-corrected chi connectivity index (χ1v) is 11.7. The third kappa shape index (κ3) is 4.42. The van der Waals surface area contributed by atoms with Crippen LogP contribution in [0.1, 0.15) is 18.4 Å². The van der Waals surface area contributed by atoms with Gasteiger partial charge in [-0.3, -0.25) is 4.90 Å². The van der Waals surface area contributed by atoms with E-state index in [1.165, 1.54) is 0 Å². The summed E-state index contributed by atoms with van der Waals surface area (Å²) in [5.41, 5.74) is 6.74. The fourth-order valence-corrected chi connectivity index (χ4v) is 5.93. The zero-order chi connectivity index (χ0) is 19.7. The van der Waals surface area contributed by atoms with Crippen LogP contribution >= 0.6 is 11.6 Å². The molecule has 2 saturated heterocycles. The van der Waals surface area contributed by atoms with Crippen LogP contribution in [0.15, 0.2) is 24.3 Å². The Morgan fingerprint density at radius 2 is 1.89 bits per heavy atom. The van der Waals surface area contributed by atoms with Gasteiger partial charge in [0.2, 0.25) is 11.9 Å². The fourth-order valence-electron chi connectivity index (χ4n) is 4.25. The summed E-state index contributed by atoms with van der Waals surface area (Å²) in [5.74, 6) is 1.41. The minimum atomic E-state index is -3.00. The second-order valence-electron chi connectivity index (χ2n) is 7.58.